The highest BCUT2D eigenvalue weighted by molar-refractivity contribution is 5.76. The van der Waals surface area contributed by atoms with Crippen molar-refractivity contribution in [3.05, 3.63) is 30.3 Å². The molecule has 28 heavy (non-hydrogen) atoms. The van der Waals surface area contributed by atoms with Gasteiger partial charge in [0.2, 0.25) is 11.9 Å². The maximum absolute atomic E-state index is 12.7. The van der Waals surface area contributed by atoms with Crippen LogP contribution in [0.4, 0.5) is 5.95 Å². The van der Waals surface area contributed by atoms with Gasteiger partial charge in [0.1, 0.15) is 0 Å². The molecule has 0 bridgehead atoms. The number of piperidine rings is 1. The first-order chi connectivity index (χ1) is 13.7. The molecule has 2 aromatic rings. The number of hydrogen-bond donors (Lipinski definition) is 0. The molecule has 2 aliphatic heterocycles. The fourth-order valence-electron chi connectivity index (χ4n) is 4.14. The van der Waals surface area contributed by atoms with Crippen LogP contribution in [0.3, 0.4) is 0 Å². The molecule has 0 atom stereocenters. The third-order valence-corrected chi connectivity index (χ3v) is 5.99. The minimum atomic E-state index is 0.323. The highest BCUT2D eigenvalue weighted by atomic mass is 16.2. The highest BCUT2D eigenvalue weighted by Crippen LogP contribution is 2.25. The monoisotopic (exact) mass is 383 g/mol. The van der Waals surface area contributed by atoms with Gasteiger partial charge >= 0.3 is 0 Å². The molecule has 0 N–H and O–H groups in total. The van der Waals surface area contributed by atoms with E-state index in [9.17, 15) is 4.79 Å². The van der Waals surface area contributed by atoms with E-state index < -0.39 is 0 Å². The van der Waals surface area contributed by atoms with Gasteiger partial charge in [-0.25, -0.2) is 0 Å². The van der Waals surface area contributed by atoms with Crippen LogP contribution in [-0.2, 0) is 4.79 Å². The molecule has 4 rings (SSSR count). The predicted molar refractivity (Wildman–Crippen MR) is 107 cm³/mol. The Morgan fingerprint density at radius 3 is 2.43 bits per heavy atom. The first-order valence-electron chi connectivity index (χ1n) is 10.3. The van der Waals surface area contributed by atoms with E-state index in [-0.39, 0.29) is 0 Å². The number of benzene rings is 1. The molecule has 2 fully saturated rings. The van der Waals surface area contributed by atoms with E-state index in [0.717, 1.165) is 70.3 Å². The summed E-state index contributed by atoms with van der Waals surface area (Å²) in [4.78, 5) is 19.4. The molecule has 0 radical (unpaired) electrons. The molecular weight excluding hydrogens is 354 g/mol. The molecule has 1 aromatic carbocycles. The third kappa shape index (κ3) is 4.16. The maximum Gasteiger partial charge on any atom is 0.250 e. The largest absolute Gasteiger partial charge is 0.340 e. The fraction of sp³-hybridized carbons (Fsp3) is 0.600. The molecule has 1 amide bonds. The standard InChI is InChI=1S/C20H29N7O/c1-2-24-12-14-25(15-13-24)19(28)16-17-8-10-26(11-9-17)20-21-22-23-27(20)18-6-4-3-5-7-18/h3-7,17H,2,8-16H2,1H3. The number of amides is 1. The molecule has 2 aliphatic rings. The highest BCUT2D eigenvalue weighted by Gasteiger charge is 2.27. The summed E-state index contributed by atoms with van der Waals surface area (Å²) in [6.07, 6.45) is 2.67. The summed E-state index contributed by atoms with van der Waals surface area (Å²) in [6.45, 7) is 8.77. The van der Waals surface area contributed by atoms with Crippen molar-refractivity contribution in [1.29, 1.82) is 0 Å². The van der Waals surface area contributed by atoms with E-state index in [1.807, 2.05) is 30.3 Å². The number of nitrogens with zero attached hydrogens (tertiary/aromatic N) is 7. The first kappa shape index (κ1) is 18.9. The van der Waals surface area contributed by atoms with Crippen LogP contribution in [0.15, 0.2) is 30.3 Å². The topological polar surface area (TPSA) is 70.4 Å². The lowest BCUT2D eigenvalue weighted by Gasteiger charge is -2.36. The second-order valence-corrected chi connectivity index (χ2v) is 7.68. The summed E-state index contributed by atoms with van der Waals surface area (Å²) in [5, 5.41) is 12.3. The second kappa shape index (κ2) is 8.68. The van der Waals surface area contributed by atoms with Crippen LogP contribution < -0.4 is 4.90 Å². The number of carbonyl (C=O) groups is 1. The zero-order chi connectivity index (χ0) is 19.3. The Morgan fingerprint density at radius 1 is 1.04 bits per heavy atom. The van der Waals surface area contributed by atoms with Crippen LogP contribution in [-0.4, -0.2) is 81.7 Å². The molecule has 1 aromatic heterocycles. The van der Waals surface area contributed by atoms with E-state index in [4.69, 9.17) is 0 Å². The van der Waals surface area contributed by atoms with Gasteiger partial charge in [0.05, 0.1) is 5.69 Å². The van der Waals surface area contributed by atoms with Crippen LogP contribution >= 0.6 is 0 Å². The second-order valence-electron chi connectivity index (χ2n) is 7.68. The summed E-state index contributed by atoms with van der Waals surface area (Å²) >= 11 is 0. The van der Waals surface area contributed by atoms with Crippen molar-refractivity contribution in [2.24, 2.45) is 5.92 Å². The number of aromatic nitrogens is 4. The summed E-state index contributed by atoms with van der Waals surface area (Å²) in [5.74, 6) is 1.56. The van der Waals surface area contributed by atoms with Gasteiger partial charge in [-0.15, -0.1) is 0 Å². The van der Waals surface area contributed by atoms with Crippen molar-refractivity contribution in [2.45, 2.75) is 26.2 Å². The van der Waals surface area contributed by atoms with E-state index in [1.165, 1.54) is 0 Å². The normalized spacial score (nSPS) is 19.2. The third-order valence-electron chi connectivity index (χ3n) is 5.99. The summed E-state index contributed by atoms with van der Waals surface area (Å²) in [7, 11) is 0. The minimum Gasteiger partial charge on any atom is -0.340 e. The van der Waals surface area contributed by atoms with Gasteiger partial charge in [-0.2, -0.15) is 4.68 Å². The number of likely N-dealkylation sites (N-methyl/N-ethyl adjacent to an activating group) is 1. The summed E-state index contributed by atoms with van der Waals surface area (Å²) < 4.78 is 1.79. The van der Waals surface area contributed by atoms with Gasteiger partial charge in [-0.1, -0.05) is 30.2 Å². The quantitative estimate of drug-likeness (QED) is 0.778. The van der Waals surface area contributed by atoms with Gasteiger partial charge in [0.15, 0.2) is 0 Å². The average Bonchev–Trinajstić information content (AvgIpc) is 3.25. The van der Waals surface area contributed by atoms with Gasteiger partial charge in [0, 0.05) is 45.7 Å². The summed E-state index contributed by atoms with van der Waals surface area (Å²) in [5.41, 5.74) is 0.964. The van der Waals surface area contributed by atoms with Crippen molar-refractivity contribution in [3.63, 3.8) is 0 Å². The lowest BCUT2D eigenvalue weighted by molar-refractivity contribution is -0.134. The fourth-order valence-corrected chi connectivity index (χ4v) is 4.14. The van der Waals surface area contributed by atoms with Gasteiger partial charge in [-0.05, 0) is 47.9 Å². The molecule has 0 aliphatic carbocycles. The maximum atomic E-state index is 12.7. The van der Waals surface area contributed by atoms with Gasteiger partial charge in [-0.3, -0.25) is 4.79 Å². The van der Waals surface area contributed by atoms with E-state index in [2.05, 4.69) is 37.1 Å². The number of anilines is 1. The number of carbonyl (C=O) groups excluding carboxylic acids is 1. The average molecular weight is 384 g/mol. The Hall–Kier alpha value is -2.48. The van der Waals surface area contributed by atoms with Crippen LogP contribution in [0.25, 0.3) is 5.69 Å². The number of piperazine rings is 1. The van der Waals surface area contributed by atoms with Crippen LogP contribution in [0.1, 0.15) is 26.2 Å². The lowest BCUT2D eigenvalue weighted by Crippen LogP contribution is -2.49. The molecule has 0 saturated carbocycles. The van der Waals surface area contributed by atoms with E-state index >= 15 is 0 Å². The molecular formula is C20H29N7O. The zero-order valence-corrected chi connectivity index (χ0v) is 16.6. The minimum absolute atomic E-state index is 0.323. The molecule has 2 saturated heterocycles. The van der Waals surface area contributed by atoms with Crippen LogP contribution in [0, 0.1) is 5.92 Å². The van der Waals surface area contributed by atoms with E-state index in [1.54, 1.807) is 4.68 Å². The zero-order valence-electron chi connectivity index (χ0n) is 16.6. The van der Waals surface area contributed by atoms with Crippen molar-refractivity contribution in [2.75, 3.05) is 50.7 Å². The van der Waals surface area contributed by atoms with Crippen LogP contribution in [0.2, 0.25) is 0 Å². The molecule has 8 nitrogen and oxygen atoms in total. The summed E-state index contributed by atoms with van der Waals surface area (Å²) in [6, 6.07) is 9.96. The van der Waals surface area contributed by atoms with Crippen molar-refractivity contribution >= 4 is 11.9 Å². The number of hydrogen-bond acceptors (Lipinski definition) is 6. The lowest BCUT2D eigenvalue weighted by atomic mass is 9.93. The molecule has 3 heterocycles. The molecule has 0 unspecified atom stereocenters. The Morgan fingerprint density at radius 2 is 1.75 bits per heavy atom. The van der Waals surface area contributed by atoms with Crippen molar-refractivity contribution in [3.8, 4) is 5.69 Å². The van der Waals surface area contributed by atoms with Gasteiger partial charge in [0.25, 0.3) is 0 Å². The molecule has 0 spiro atoms. The van der Waals surface area contributed by atoms with Crippen molar-refractivity contribution < 1.29 is 4.79 Å². The van der Waals surface area contributed by atoms with Crippen LogP contribution in [0.5, 0.6) is 0 Å². The van der Waals surface area contributed by atoms with Crippen molar-refractivity contribution in [1.82, 2.24) is 30.0 Å². The Labute approximate surface area is 166 Å². The number of para-hydroxylation sites is 1. The molecule has 8 heteroatoms. The Balaban J connectivity index is 1.30. The van der Waals surface area contributed by atoms with E-state index in [0.29, 0.717) is 18.2 Å². The SMILES string of the molecule is CCN1CCN(C(=O)CC2CCN(c3nnnn3-c3ccccc3)CC2)CC1. The number of tetrazole rings is 1. The smallest absolute Gasteiger partial charge is 0.250 e. The molecule has 150 valence electrons. The predicted octanol–water partition coefficient (Wildman–Crippen LogP) is 1.43. The number of rotatable bonds is 5. The Kier molecular flexibility index (Phi) is 5.85. The van der Waals surface area contributed by atoms with Gasteiger partial charge < -0.3 is 14.7 Å². The Bertz CT molecular complexity index is 762. The first-order valence-corrected chi connectivity index (χ1v) is 10.3.